The summed E-state index contributed by atoms with van der Waals surface area (Å²) in [7, 11) is 0. The Kier molecular flexibility index (Phi) is 6.83. The average molecular weight is 440 g/mol. The van der Waals surface area contributed by atoms with E-state index in [0.717, 1.165) is 23.5 Å². The number of carbonyl (C=O) groups is 1. The second-order valence-corrected chi connectivity index (χ2v) is 9.91. The normalized spacial score (nSPS) is 15.4. The van der Waals surface area contributed by atoms with E-state index in [-0.39, 0.29) is 6.09 Å². The van der Waals surface area contributed by atoms with Gasteiger partial charge in [-0.1, -0.05) is 37.2 Å². The summed E-state index contributed by atoms with van der Waals surface area (Å²) in [5.41, 5.74) is 1.03. The molecule has 160 valence electrons. The lowest BCUT2D eigenvalue weighted by Gasteiger charge is -2.36. The van der Waals surface area contributed by atoms with Crippen LogP contribution in [0.1, 0.15) is 47.5 Å². The minimum atomic E-state index is -0.492. The number of ether oxygens (including phenoxy) is 1. The monoisotopic (exact) mass is 439 g/mol. The van der Waals surface area contributed by atoms with Crippen molar-refractivity contribution >= 4 is 46.4 Å². The minimum absolute atomic E-state index is 0.276. The predicted octanol–water partition coefficient (Wildman–Crippen LogP) is 4.95. The molecule has 3 rings (SSSR count). The van der Waals surface area contributed by atoms with Crippen LogP contribution in [0.5, 0.6) is 0 Å². The number of fused-ring (bicyclic) bond motifs is 1. The van der Waals surface area contributed by atoms with Crippen LogP contribution in [-0.4, -0.2) is 63.0 Å². The van der Waals surface area contributed by atoms with Gasteiger partial charge in [-0.15, -0.1) is 0 Å². The van der Waals surface area contributed by atoms with Gasteiger partial charge in [-0.05, 0) is 39.7 Å². The standard InChI is InChI=1S/C20H30ClN5O2S/c1-6-13(7-2)29-18-22-15-12-14(21)17(23-16(15)24-18)25-8-10-26(11-9-25)19(27)28-20(3,4)5/h12-13H,6-11H2,1-5H3,(H,22,23,24). The van der Waals surface area contributed by atoms with Crippen LogP contribution in [0.4, 0.5) is 10.6 Å². The molecule has 1 amide bonds. The highest BCUT2D eigenvalue weighted by atomic mass is 35.5. The maximum absolute atomic E-state index is 12.3. The van der Waals surface area contributed by atoms with Crippen molar-refractivity contribution in [2.75, 3.05) is 31.1 Å². The number of halogens is 1. The van der Waals surface area contributed by atoms with Crippen LogP contribution in [0.3, 0.4) is 0 Å². The highest BCUT2D eigenvalue weighted by molar-refractivity contribution is 7.99. The van der Waals surface area contributed by atoms with E-state index in [9.17, 15) is 4.79 Å². The number of hydrogen-bond donors (Lipinski definition) is 1. The van der Waals surface area contributed by atoms with Crippen LogP contribution in [0.25, 0.3) is 11.2 Å². The van der Waals surface area contributed by atoms with Gasteiger partial charge in [0.1, 0.15) is 11.4 Å². The van der Waals surface area contributed by atoms with E-state index >= 15 is 0 Å². The van der Waals surface area contributed by atoms with Crippen LogP contribution in [0.15, 0.2) is 11.2 Å². The number of nitrogens with zero attached hydrogens (tertiary/aromatic N) is 4. The second kappa shape index (κ2) is 9.00. The lowest BCUT2D eigenvalue weighted by Crippen LogP contribution is -2.50. The number of hydrogen-bond acceptors (Lipinski definition) is 6. The van der Waals surface area contributed by atoms with Crippen molar-refractivity contribution in [1.29, 1.82) is 0 Å². The molecule has 9 heteroatoms. The third-order valence-corrected chi connectivity index (χ3v) is 6.50. The van der Waals surface area contributed by atoms with Gasteiger partial charge in [-0.25, -0.2) is 14.8 Å². The van der Waals surface area contributed by atoms with Gasteiger partial charge in [0, 0.05) is 31.4 Å². The fourth-order valence-electron chi connectivity index (χ4n) is 3.20. The molecule has 1 fully saturated rings. The molecule has 1 saturated heterocycles. The van der Waals surface area contributed by atoms with Gasteiger partial charge in [-0.3, -0.25) is 0 Å². The summed E-state index contributed by atoms with van der Waals surface area (Å²) in [6.45, 7) is 12.4. The molecule has 29 heavy (non-hydrogen) atoms. The van der Waals surface area contributed by atoms with Gasteiger partial charge < -0.3 is 19.5 Å². The first-order chi connectivity index (χ1) is 13.7. The number of amides is 1. The van der Waals surface area contributed by atoms with E-state index in [1.165, 1.54) is 0 Å². The molecule has 0 bridgehead atoms. The van der Waals surface area contributed by atoms with Crippen LogP contribution in [-0.2, 0) is 4.74 Å². The van der Waals surface area contributed by atoms with Crippen molar-refractivity contribution in [3.05, 3.63) is 11.1 Å². The number of nitrogens with one attached hydrogen (secondary N) is 1. The van der Waals surface area contributed by atoms with E-state index in [4.69, 9.17) is 21.3 Å². The zero-order valence-electron chi connectivity index (χ0n) is 17.8. The molecular weight excluding hydrogens is 410 g/mol. The SMILES string of the molecule is CCC(CC)Sc1nc2nc(N3CCN(C(=O)OC(C)(C)C)CC3)c(Cl)cc2[nH]1. The minimum Gasteiger partial charge on any atom is -0.444 e. The zero-order valence-corrected chi connectivity index (χ0v) is 19.4. The molecule has 3 heterocycles. The average Bonchev–Trinajstić information content (AvgIpc) is 3.05. The smallest absolute Gasteiger partial charge is 0.410 e. The number of piperazine rings is 1. The molecule has 0 unspecified atom stereocenters. The van der Waals surface area contributed by atoms with Gasteiger partial charge in [0.25, 0.3) is 0 Å². The molecule has 0 saturated carbocycles. The van der Waals surface area contributed by atoms with Crippen molar-refractivity contribution in [2.24, 2.45) is 0 Å². The van der Waals surface area contributed by atoms with Gasteiger partial charge in [0.15, 0.2) is 10.8 Å². The Bertz CT molecular complexity index is 854. The molecule has 0 aromatic carbocycles. The molecule has 1 aliphatic rings. The third kappa shape index (κ3) is 5.48. The number of aromatic amines is 1. The van der Waals surface area contributed by atoms with Crippen molar-refractivity contribution < 1.29 is 9.53 Å². The maximum Gasteiger partial charge on any atom is 0.410 e. The van der Waals surface area contributed by atoms with E-state index in [2.05, 4.69) is 28.7 Å². The molecule has 0 radical (unpaired) electrons. The molecule has 1 N–H and O–H groups in total. The number of H-pyrrole nitrogens is 1. The topological polar surface area (TPSA) is 74.3 Å². The lowest BCUT2D eigenvalue weighted by molar-refractivity contribution is 0.0240. The Morgan fingerprint density at radius 1 is 1.24 bits per heavy atom. The first kappa shape index (κ1) is 22.0. The summed E-state index contributed by atoms with van der Waals surface area (Å²) in [5.74, 6) is 0.716. The fraction of sp³-hybridized carbons (Fsp3) is 0.650. The van der Waals surface area contributed by atoms with Crippen molar-refractivity contribution in [1.82, 2.24) is 19.9 Å². The van der Waals surface area contributed by atoms with Crippen LogP contribution < -0.4 is 4.90 Å². The van der Waals surface area contributed by atoms with Crippen molar-refractivity contribution in [3.63, 3.8) is 0 Å². The highest BCUT2D eigenvalue weighted by Gasteiger charge is 2.27. The summed E-state index contributed by atoms with van der Waals surface area (Å²) in [6, 6.07) is 1.89. The Morgan fingerprint density at radius 2 is 1.90 bits per heavy atom. The molecule has 2 aromatic heterocycles. The molecule has 2 aromatic rings. The Morgan fingerprint density at radius 3 is 2.48 bits per heavy atom. The third-order valence-electron chi connectivity index (χ3n) is 4.81. The molecule has 0 atom stereocenters. The number of anilines is 1. The summed E-state index contributed by atoms with van der Waals surface area (Å²) in [5, 5.41) is 2.00. The summed E-state index contributed by atoms with van der Waals surface area (Å²) >= 11 is 8.28. The van der Waals surface area contributed by atoms with Gasteiger partial charge >= 0.3 is 6.09 Å². The highest BCUT2D eigenvalue weighted by Crippen LogP contribution is 2.31. The van der Waals surface area contributed by atoms with Crippen LogP contribution in [0, 0.1) is 0 Å². The largest absolute Gasteiger partial charge is 0.444 e. The van der Waals surface area contributed by atoms with Crippen LogP contribution in [0.2, 0.25) is 5.02 Å². The second-order valence-electron chi connectivity index (χ2n) is 8.22. The van der Waals surface area contributed by atoms with Crippen molar-refractivity contribution in [3.8, 4) is 0 Å². The first-order valence-electron chi connectivity index (χ1n) is 10.2. The van der Waals surface area contributed by atoms with Crippen molar-refractivity contribution in [2.45, 2.75) is 63.5 Å². The fourth-order valence-corrected chi connectivity index (χ4v) is 4.43. The number of pyridine rings is 1. The van der Waals surface area contributed by atoms with E-state index in [0.29, 0.717) is 47.9 Å². The molecule has 0 aliphatic carbocycles. The van der Waals surface area contributed by atoms with Gasteiger partial charge in [0.2, 0.25) is 0 Å². The number of thioether (sulfide) groups is 1. The predicted molar refractivity (Wildman–Crippen MR) is 119 cm³/mol. The maximum atomic E-state index is 12.3. The van der Waals surface area contributed by atoms with Gasteiger partial charge in [0.05, 0.1) is 10.5 Å². The number of rotatable bonds is 5. The van der Waals surface area contributed by atoms with E-state index in [1.807, 2.05) is 26.8 Å². The Balaban J connectivity index is 1.70. The Labute approximate surface area is 181 Å². The number of imidazole rings is 1. The lowest BCUT2D eigenvalue weighted by atomic mass is 10.2. The van der Waals surface area contributed by atoms with Gasteiger partial charge in [-0.2, -0.15) is 0 Å². The summed E-state index contributed by atoms with van der Waals surface area (Å²) in [4.78, 5) is 28.8. The quantitative estimate of drug-likeness (QED) is 0.664. The first-order valence-corrected chi connectivity index (χ1v) is 11.4. The molecular formula is C20H30ClN5O2S. The zero-order chi connectivity index (χ0) is 21.2. The van der Waals surface area contributed by atoms with Crippen LogP contribution >= 0.6 is 23.4 Å². The number of carbonyl (C=O) groups excluding carboxylic acids is 1. The molecule has 1 aliphatic heterocycles. The number of aromatic nitrogens is 3. The van der Waals surface area contributed by atoms with E-state index < -0.39 is 5.60 Å². The Hall–Kier alpha value is -1.67. The molecule has 0 spiro atoms. The molecule has 7 nitrogen and oxygen atoms in total. The summed E-state index contributed by atoms with van der Waals surface area (Å²) in [6.07, 6.45) is 1.92. The van der Waals surface area contributed by atoms with E-state index in [1.54, 1.807) is 16.7 Å². The summed E-state index contributed by atoms with van der Waals surface area (Å²) < 4.78 is 5.46.